The Morgan fingerprint density at radius 1 is 0.840 bits per heavy atom. The molecule has 0 atom stereocenters. The van der Waals surface area contributed by atoms with Crippen LogP contribution >= 0.6 is 0 Å². The topological polar surface area (TPSA) is 88.2 Å². The molecule has 0 aliphatic rings. The Kier molecular flexibility index (Phi) is 4.87. The van der Waals surface area contributed by atoms with E-state index >= 15 is 0 Å². The molecule has 3 aromatic rings. The van der Waals surface area contributed by atoms with Crippen LogP contribution < -0.4 is 10.3 Å². The molecular formula is C18H15N3O3S. The minimum atomic E-state index is -3.83. The third-order valence-electron chi connectivity index (χ3n) is 3.46. The van der Waals surface area contributed by atoms with Crippen molar-refractivity contribution in [3.63, 3.8) is 0 Å². The zero-order chi connectivity index (χ0) is 17.7. The largest absolute Gasteiger partial charge is 0.273 e. The summed E-state index contributed by atoms with van der Waals surface area (Å²) in [4.78, 5) is 18.4. The predicted molar refractivity (Wildman–Crippen MR) is 93.9 cm³/mol. The van der Waals surface area contributed by atoms with Crippen LogP contribution in [0.25, 0.3) is 11.1 Å². The summed E-state index contributed by atoms with van der Waals surface area (Å²) in [5.41, 5.74) is 4.12. The third kappa shape index (κ3) is 4.09. The maximum atomic E-state index is 12.2. The van der Waals surface area contributed by atoms with Crippen molar-refractivity contribution in [1.29, 1.82) is 0 Å². The maximum absolute atomic E-state index is 12.2. The van der Waals surface area contributed by atoms with Crippen LogP contribution in [0.3, 0.4) is 0 Å². The SMILES string of the molecule is O=C(NNS(=O)(=O)c1ccccc1)c1cncc(-c2ccccc2)c1. The Morgan fingerprint density at radius 2 is 1.48 bits per heavy atom. The number of amides is 1. The van der Waals surface area contributed by atoms with Gasteiger partial charge in [0.1, 0.15) is 0 Å². The molecule has 1 amide bonds. The molecule has 1 aromatic heterocycles. The van der Waals surface area contributed by atoms with Crippen LogP contribution in [0.1, 0.15) is 10.4 Å². The number of benzene rings is 2. The van der Waals surface area contributed by atoms with E-state index in [2.05, 4.69) is 15.2 Å². The highest BCUT2D eigenvalue weighted by Gasteiger charge is 2.15. The Hall–Kier alpha value is -3.03. The van der Waals surface area contributed by atoms with Crippen molar-refractivity contribution >= 4 is 15.9 Å². The van der Waals surface area contributed by atoms with E-state index in [0.717, 1.165) is 11.1 Å². The number of carbonyl (C=O) groups excluding carboxylic acids is 1. The molecule has 7 heteroatoms. The number of nitrogens with one attached hydrogen (secondary N) is 2. The van der Waals surface area contributed by atoms with Crippen molar-refractivity contribution in [2.45, 2.75) is 4.90 Å². The Labute approximate surface area is 145 Å². The van der Waals surface area contributed by atoms with Crippen molar-refractivity contribution in [3.05, 3.63) is 84.7 Å². The second-order valence-electron chi connectivity index (χ2n) is 5.20. The fourth-order valence-electron chi connectivity index (χ4n) is 2.20. The number of aromatic nitrogens is 1. The highest BCUT2D eigenvalue weighted by atomic mass is 32.2. The van der Waals surface area contributed by atoms with Crippen LogP contribution in [0.5, 0.6) is 0 Å². The fraction of sp³-hybridized carbons (Fsp3) is 0. The molecule has 0 aliphatic carbocycles. The summed E-state index contributed by atoms with van der Waals surface area (Å²) in [5.74, 6) is -0.593. The van der Waals surface area contributed by atoms with E-state index < -0.39 is 15.9 Å². The van der Waals surface area contributed by atoms with Gasteiger partial charge in [-0.05, 0) is 23.8 Å². The van der Waals surface area contributed by atoms with Crippen LogP contribution in [0, 0.1) is 0 Å². The van der Waals surface area contributed by atoms with Crippen LogP contribution in [-0.2, 0) is 10.0 Å². The van der Waals surface area contributed by atoms with Gasteiger partial charge < -0.3 is 0 Å². The van der Waals surface area contributed by atoms with Gasteiger partial charge in [0.15, 0.2) is 0 Å². The third-order valence-corrected chi connectivity index (χ3v) is 4.72. The zero-order valence-corrected chi connectivity index (χ0v) is 13.9. The maximum Gasteiger partial charge on any atom is 0.267 e. The number of hydrazine groups is 1. The number of carbonyl (C=O) groups is 1. The van der Waals surface area contributed by atoms with Crippen molar-refractivity contribution in [2.75, 3.05) is 0 Å². The molecule has 0 bridgehead atoms. The molecule has 2 aromatic carbocycles. The molecular weight excluding hydrogens is 338 g/mol. The number of rotatable bonds is 5. The summed E-state index contributed by atoms with van der Waals surface area (Å²) in [7, 11) is -3.83. The van der Waals surface area contributed by atoms with Crippen molar-refractivity contribution in [3.8, 4) is 11.1 Å². The van der Waals surface area contributed by atoms with Gasteiger partial charge in [-0.3, -0.25) is 15.2 Å². The van der Waals surface area contributed by atoms with Crippen molar-refractivity contribution < 1.29 is 13.2 Å². The number of sulfonamides is 1. The van der Waals surface area contributed by atoms with Gasteiger partial charge in [0.25, 0.3) is 15.9 Å². The summed E-state index contributed by atoms with van der Waals surface area (Å²) in [6.07, 6.45) is 3.01. The van der Waals surface area contributed by atoms with Crippen LogP contribution in [-0.4, -0.2) is 19.3 Å². The van der Waals surface area contributed by atoms with Gasteiger partial charge in [-0.2, -0.15) is 0 Å². The van der Waals surface area contributed by atoms with Gasteiger partial charge in [0.05, 0.1) is 10.5 Å². The van der Waals surface area contributed by atoms with E-state index in [9.17, 15) is 13.2 Å². The summed E-state index contributed by atoms with van der Waals surface area (Å²) < 4.78 is 24.2. The smallest absolute Gasteiger partial charge is 0.267 e. The lowest BCUT2D eigenvalue weighted by molar-refractivity contribution is 0.0945. The number of pyridine rings is 1. The monoisotopic (exact) mass is 353 g/mol. The lowest BCUT2D eigenvalue weighted by Crippen LogP contribution is -2.41. The first-order valence-corrected chi connectivity index (χ1v) is 8.92. The van der Waals surface area contributed by atoms with E-state index in [1.54, 1.807) is 30.5 Å². The number of hydrogen-bond donors (Lipinski definition) is 2. The Balaban J connectivity index is 1.74. The number of hydrogen-bond acceptors (Lipinski definition) is 4. The standard InChI is InChI=1S/C18H15N3O3S/c22-18(20-21-25(23,24)17-9-5-2-6-10-17)16-11-15(12-19-13-16)14-7-3-1-4-8-14/h1-13,21H,(H,20,22). The lowest BCUT2D eigenvalue weighted by Gasteiger charge is -2.09. The molecule has 2 N–H and O–H groups in total. The molecule has 1 heterocycles. The van der Waals surface area contributed by atoms with Gasteiger partial charge in [-0.1, -0.05) is 48.5 Å². The molecule has 3 rings (SSSR count). The number of nitrogens with zero attached hydrogens (tertiary/aromatic N) is 1. The predicted octanol–water partition coefficient (Wildman–Crippen LogP) is 2.37. The molecule has 0 saturated carbocycles. The molecule has 0 saturated heterocycles. The quantitative estimate of drug-likeness (QED) is 0.689. The summed E-state index contributed by atoms with van der Waals surface area (Å²) >= 11 is 0. The molecule has 0 spiro atoms. The highest BCUT2D eigenvalue weighted by molar-refractivity contribution is 7.89. The molecule has 6 nitrogen and oxygen atoms in total. The molecule has 0 radical (unpaired) electrons. The minimum absolute atomic E-state index is 0.0615. The van der Waals surface area contributed by atoms with Crippen molar-refractivity contribution in [2.24, 2.45) is 0 Å². The normalized spacial score (nSPS) is 11.0. The first-order valence-electron chi connectivity index (χ1n) is 7.44. The van der Waals surface area contributed by atoms with Gasteiger partial charge in [0, 0.05) is 18.0 Å². The molecule has 0 fully saturated rings. The molecule has 0 unspecified atom stereocenters. The molecule has 25 heavy (non-hydrogen) atoms. The van der Waals surface area contributed by atoms with E-state index in [-0.39, 0.29) is 10.5 Å². The second-order valence-corrected chi connectivity index (χ2v) is 6.88. The van der Waals surface area contributed by atoms with Crippen molar-refractivity contribution in [1.82, 2.24) is 15.2 Å². The van der Waals surface area contributed by atoms with Gasteiger partial charge in [0.2, 0.25) is 0 Å². The van der Waals surface area contributed by atoms with E-state index in [1.807, 2.05) is 30.3 Å². The summed E-state index contributed by atoms with van der Waals surface area (Å²) in [6.45, 7) is 0. The first-order chi connectivity index (χ1) is 12.1. The van der Waals surface area contributed by atoms with Gasteiger partial charge >= 0.3 is 0 Å². The van der Waals surface area contributed by atoms with Crippen LogP contribution in [0.4, 0.5) is 0 Å². The van der Waals surface area contributed by atoms with Crippen LogP contribution in [0.2, 0.25) is 0 Å². The van der Waals surface area contributed by atoms with E-state index in [0.29, 0.717) is 0 Å². The Morgan fingerprint density at radius 3 is 2.16 bits per heavy atom. The van der Waals surface area contributed by atoms with Gasteiger partial charge in [-0.25, -0.2) is 8.42 Å². The first kappa shape index (κ1) is 16.8. The highest BCUT2D eigenvalue weighted by Crippen LogP contribution is 2.18. The van der Waals surface area contributed by atoms with Crippen LogP contribution in [0.15, 0.2) is 84.0 Å². The lowest BCUT2D eigenvalue weighted by atomic mass is 10.1. The molecule has 126 valence electrons. The Bertz CT molecular complexity index is 975. The zero-order valence-electron chi connectivity index (χ0n) is 13.1. The average molecular weight is 353 g/mol. The van der Waals surface area contributed by atoms with E-state index in [4.69, 9.17) is 0 Å². The summed E-state index contributed by atoms with van der Waals surface area (Å²) in [5, 5.41) is 0. The van der Waals surface area contributed by atoms with Gasteiger partial charge in [-0.15, -0.1) is 4.83 Å². The summed E-state index contributed by atoms with van der Waals surface area (Å²) in [6, 6.07) is 18.9. The fourth-order valence-corrected chi connectivity index (χ4v) is 3.06. The average Bonchev–Trinajstić information content (AvgIpc) is 2.68. The molecule has 0 aliphatic heterocycles. The van der Waals surface area contributed by atoms with E-state index in [1.165, 1.54) is 18.3 Å². The second kappa shape index (κ2) is 7.25. The minimum Gasteiger partial charge on any atom is -0.273 e.